The molecule has 1 atom stereocenters. The highest BCUT2D eigenvalue weighted by molar-refractivity contribution is 5.85. The summed E-state index contributed by atoms with van der Waals surface area (Å²) in [4.78, 5) is 8.81. The van der Waals surface area contributed by atoms with Crippen molar-refractivity contribution in [3.63, 3.8) is 0 Å². The Hall–Kier alpha value is -1.83. The minimum atomic E-state index is 0.582. The van der Waals surface area contributed by atoms with E-state index in [0.717, 1.165) is 24.1 Å². The first-order chi connectivity index (χ1) is 9.27. The molecule has 0 aliphatic heterocycles. The van der Waals surface area contributed by atoms with Crippen LogP contribution in [0.4, 0.5) is 0 Å². The van der Waals surface area contributed by atoms with Gasteiger partial charge < -0.3 is 9.21 Å². The Kier molecular flexibility index (Phi) is 6.07. The van der Waals surface area contributed by atoms with E-state index in [0.29, 0.717) is 5.92 Å². The van der Waals surface area contributed by atoms with Crippen molar-refractivity contribution in [2.75, 3.05) is 0 Å². The standard InChI is InChI=1S/C13H12O.C2H4O.C2H6/c1-9-5-4-8-12-13(9)10-6-2-3-7-11(10)14-12;1-2-3;1-2/h2-4,6-9H,5H2,1H3;2H,1H3;1-2H3. The predicted octanol–water partition coefficient (Wildman–Crippen LogP) is 5.18. The maximum atomic E-state index is 8.81. The highest BCUT2D eigenvalue weighted by atomic mass is 16.3. The maximum Gasteiger partial charge on any atom is 0.135 e. The van der Waals surface area contributed by atoms with Crippen LogP contribution in [0.25, 0.3) is 17.0 Å². The second-order valence-corrected chi connectivity index (χ2v) is 4.15. The molecule has 1 aromatic carbocycles. The molecule has 1 aromatic heterocycles. The van der Waals surface area contributed by atoms with Crippen molar-refractivity contribution in [2.45, 2.75) is 40.0 Å². The molecular formula is C17H22O2. The first kappa shape index (κ1) is 15.2. The summed E-state index contributed by atoms with van der Waals surface area (Å²) in [7, 11) is 0. The minimum absolute atomic E-state index is 0.582. The van der Waals surface area contributed by atoms with Crippen LogP contribution in [0.3, 0.4) is 0 Å². The molecule has 0 fully saturated rings. The smallest absolute Gasteiger partial charge is 0.135 e. The molecule has 1 aliphatic carbocycles. The van der Waals surface area contributed by atoms with Crippen LogP contribution in [0.15, 0.2) is 34.8 Å². The van der Waals surface area contributed by atoms with E-state index in [-0.39, 0.29) is 0 Å². The third kappa shape index (κ3) is 3.34. The molecule has 1 heterocycles. The average molecular weight is 258 g/mol. The summed E-state index contributed by atoms with van der Waals surface area (Å²) in [6.45, 7) is 7.70. The van der Waals surface area contributed by atoms with Crippen molar-refractivity contribution in [3.05, 3.63) is 41.7 Å². The summed E-state index contributed by atoms with van der Waals surface area (Å²) in [5.41, 5.74) is 2.39. The van der Waals surface area contributed by atoms with Crippen molar-refractivity contribution in [1.29, 1.82) is 0 Å². The van der Waals surface area contributed by atoms with E-state index in [4.69, 9.17) is 9.21 Å². The molecular weight excluding hydrogens is 236 g/mol. The lowest BCUT2D eigenvalue weighted by Gasteiger charge is -2.12. The summed E-state index contributed by atoms with van der Waals surface area (Å²) >= 11 is 0. The highest BCUT2D eigenvalue weighted by Gasteiger charge is 2.19. The number of furan rings is 1. The van der Waals surface area contributed by atoms with Crippen LogP contribution in [0.1, 0.15) is 51.4 Å². The van der Waals surface area contributed by atoms with Gasteiger partial charge in [0.25, 0.3) is 0 Å². The summed E-state index contributed by atoms with van der Waals surface area (Å²) in [6.07, 6.45) is 6.15. The molecule has 0 saturated carbocycles. The van der Waals surface area contributed by atoms with Crippen LogP contribution in [0.5, 0.6) is 0 Å². The van der Waals surface area contributed by atoms with Crippen LogP contribution >= 0.6 is 0 Å². The van der Waals surface area contributed by atoms with Gasteiger partial charge in [0.2, 0.25) is 0 Å². The van der Waals surface area contributed by atoms with Crippen molar-refractivity contribution >= 4 is 23.3 Å². The zero-order chi connectivity index (χ0) is 14.3. The van der Waals surface area contributed by atoms with Gasteiger partial charge in [-0.3, -0.25) is 0 Å². The largest absolute Gasteiger partial charge is 0.456 e. The van der Waals surface area contributed by atoms with Gasteiger partial charge in [0.05, 0.1) is 0 Å². The van der Waals surface area contributed by atoms with E-state index < -0.39 is 0 Å². The lowest BCUT2D eigenvalue weighted by atomic mass is 9.91. The van der Waals surface area contributed by atoms with Crippen LogP contribution < -0.4 is 0 Å². The van der Waals surface area contributed by atoms with Gasteiger partial charge in [-0.05, 0) is 31.4 Å². The summed E-state index contributed by atoms with van der Waals surface area (Å²) < 4.78 is 5.77. The van der Waals surface area contributed by atoms with E-state index in [9.17, 15) is 0 Å². The van der Waals surface area contributed by atoms with Crippen LogP contribution in [0.2, 0.25) is 0 Å². The van der Waals surface area contributed by atoms with E-state index in [1.807, 2.05) is 26.0 Å². The number of aldehydes is 1. The van der Waals surface area contributed by atoms with Crippen molar-refractivity contribution in [1.82, 2.24) is 0 Å². The molecule has 3 rings (SSSR count). The molecule has 2 heteroatoms. The topological polar surface area (TPSA) is 30.2 Å². The van der Waals surface area contributed by atoms with Gasteiger partial charge >= 0.3 is 0 Å². The van der Waals surface area contributed by atoms with Gasteiger partial charge in [0.15, 0.2) is 0 Å². The molecule has 0 spiro atoms. The number of carbonyl (C=O) groups is 1. The summed E-state index contributed by atoms with van der Waals surface area (Å²) in [5, 5.41) is 1.28. The Balaban J connectivity index is 0.000000321. The van der Waals surface area contributed by atoms with Crippen molar-refractivity contribution in [3.8, 4) is 0 Å². The fourth-order valence-corrected chi connectivity index (χ4v) is 2.21. The van der Waals surface area contributed by atoms with E-state index in [1.54, 1.807) is 0 Å². The number of carbonyl (C=O) groups excluding carboxylic acids is 1. The molecule has 0 radical (unpaired) electrons. The first-order valence-corrected chi connectivity index (χ1v) is 6.85. The Bertz CT molecular complexity index is 549. The molecule has 2 nitrogen and oxygen atoms in total. The molecule has 0 saturated heterocycles. The van der Waals surface area contributed by atoms with Gasteiger partial charge in [-0.1, -0.05) is 45.0 Å². The van der Waals surface area contributed by atoms with E-state index >= 15 is 0 Å². The zero-order valence-corrected chi connectivity index (χ0v) is 12.1. The zero-order valence-electron chi connectivity index (χ0n) is 12.1. The Morgan fingerprint density at radius 2 is 1.89 bits per heavy atom. The average Bonchev–Trinajstić information content (AvgIpc) is 2.81. The van der Waals surface area contributed by atoms with E-state index in [1.165, 1.54) is 17.9 Å². The summed E-state index contributed by atoms with van der Waals surface area (Å²) in [6, 6.07) is 8.27. The van der Waals surface area contributed by atoms with Gasteiger partial charge in [-0.2, -0.15) is 0 Å². The molecule has 0 amide bonds. The van der Waals surface area contributed by atoms with Gasteiger partial charge in [-0.25, -0.2) is 0 Å². The SMILES string of the molecule is CC.CC1CC=Cc2oc3ccccc3c21.CC=O. The molecule has 2 aromatic rings. The lowest BCUT2D eigenvalue weighted by molar-refractivity contribution is -0.106. The Labute approximate surface area is 115 Å². The number of rotatable bonds is 0. The lowest BCUT2D eigenvalue weighted by Crippen LogP contribution is -1.96. The predicted molar refractivity (Wildman–Crippen MR) is 81.4 cm³/mol. The fourth-order valence-electron chi connectivity index (χ4n) is 2.21. The number of allylic oxidation sites excluding steroid dienone is 1. The maximum absolute atomic E-state index is 8.81. The Morgan fingerprint density at radius 1 is 1.26 bits per heavy atom. The monoisotopic (exact) mass is 258 g/mol. The molecule has 102 valence electrons. The normalized spacial score (nSPS) is 15.7. The van der Waals surface area contributed by atoms with Gasteiger partial charge in [-0.15, -0.1) is 0 Å². The first-order valence-electron chi connectivity index (χ1n) is 6.85. The third-order valence-corrected chi connectivity index (χ3v) is 2.91. The molecule has 19 heavy (non-hydrogen) atoms. The number of benzene rings is 1. The van der Waals surface area contributed by atoms with Crippen LogP contribution in [-0.2, 0) is 4.79 Å². The number of hydrogen-bond donors (Lipinski definition) is 0. The molecule has 1 unspecified atom stereocenters. The third-order valence-electron chi connectivity index (χ3n) is 2.91. The molecule has 0 N–H and O–H groups in total. The van der Waals surface area contributed by atoms with Gasteiger partial charge in [0, 0.05) is 10.9 Å². The highest BCUT2D eigenvalue weighted by Crippen LogP contribution is 2.37. The van der Waals surface area contributed by atoms with Crippen molar-refractivity contribution < 1.29 is 9.21 Å². The molecule has 0 bridgehead atoms. The number of para-hydroxylation sites is 1. The van der Waals surface area contributed by atoms with Crippen molar-refractivity contribution in [2.24, 2.45) is 0 Å². The molecule has 1 aliphatic rings. The van der Waals surface area contributed by atoms with Crippen LogP contribution in [0, 0.1) is 0 Å². The fraction of sp³-hybridized carbons (Fsp3) is 0.353. The number of hydrogen-bond acceptors (Lipinski definition) is 2. The quantitative estimate of drug-likeness (QED) is 0.609. The number of fused-ring (bicyclic) bond motifs is 3. The second kappa shape index (κ2) is 7.57. The minimum Gasteiger partial charge on any atom is -0.456 e. The van der Waals surface area contributed by atoms with Gasteiger partial charge in [0.1, 0.15) is 17.6 Å². The second-order valence-electron chi connectivity index (χ2n) is 4.15. The van der Waals surface area contributed by atoms with Crippen LogP contribution in [-0.4, -0.2) is 6.29 Å². The Morgan fingerprint density at radius 3 is 2.58 bits per heavy atom. The van der Waals surface area contributed by atoms with E-state index in [2.05, 4.69) is 31.2 Å². The summed E-state index contributed by atoms with van der Waals surface area (Å²) in [5.74, 6) is 1.63.